The number of methoxy groups -OCH3 is 1. The smallest absolute Gasteiger partial charge is 0.418 e. The van der Waals surface area contributed by atoms with Gasteiger partial charge in [-0.15, -0.1) is 0 Å². The summed E-state index contributed by atoms with van der Waals surface area (Å²) in [4.78, 5) is 13.4. The number of carbonyl (C=O) groups is 1. The van der Waals surface area contributed by atoms with Crippen LogP contribution in [0.2, 0.25) is 0 Å². The van der Waals surface area contributed by atoms with Gasteiger partial charge in [0.05, 0.1) is 12.7 Å². The number of alkyl halides is 3. The molecule has 0 saturated carbocycles. The van der Waals surface area contributed by atoms with E-state index in [-0.39, 0.29) is 19.2 Å². The van der Waals surface area contributed by atoms with Crippen molar-refractivity contribution in [1.29, 1.82) is 0 Å². The lowest BCUT2D eigenvalue weighted by Gasteiger charge is -2.36. The number of rotatable bonds is 2. The molecule has 0 radical (unpaired) electrons. The average molecular weight is 336 g/mol. The van der Waals surface area contributed by atoms with Gasteiger partial charge in [0.15, 0.2) is 0 Å². The summed E-state index contributed by atoms with van der Waals surface area (Å²) in [6, 6.07) is 3.18. The summed E-state index contributed by atoms with van der Waals surface area (Å²) < 4.78 is 43.5. The van der Waals surface area contributed by atoms with Crippen LogP contribution in [0, 0.1) is 0 Å². The normalized spacial score (nSPS) is 18.5. The molecule has 1 aromatic carbocycles. The lowest BCUT2D eigenvalue weighted by Crippen LogP contribution is -2.45. The number of nitrogen functional groups attached to an aromatic ring is 1. The van der Waals surface area contributed by atoms with E-state index >= 15 is 0 Å². The molecule has 1 aliphatic heterocycles. The van der Waals surface area contributed by atoms with Gasteiger partial charge >= 0.3 is 12.1 Å². The van der Waals surface area contributed by atoms with Gasteiger partial charge in [-0.2, -0.15) is 26.7 Å². The van der Waals surface area contributed by atoms with Gasteiger partial charge in [-0.1, -0.05) is 0 Å². The number of nitrogens with two attached hydrogens (primary N) is 1. The molecule has 0 bridgehead atoms. The molecule has 0 aromatic heterocycles. The number of ether oxygens (including phenoxy) is 1. The van der Waals surface area contributed by atoms with Crippen LogP contribution in [0.3, 0.4) is 0 Å². The van der Waals surface area contributed by atoms with Crippen LogP contribution in [-0.2, 0) is 15.7 Å². The first-order chi connectivity index (χ1) is 9.84. The summed E-state index contributed by atoms with van der Waals surface area (Å²) >= 11 is 0. The van der Waals surface area contributed by atoms with Gasteiger partial charge < -0.3 is 15.4 Å². The summed E-state index contributed by atoms with van der Waals surface area (Å²) in [5.41, 5.74) is 4.53. The molecule has 4 nitrogen and oxygen atoms in total. The van der Waals surface area contributed by atoms with Gasteiger partial charge in [-0.25, -0.2) is 4.79 Å². The fourth-order valence-corrected chi connectivity index (χ4v) is 2.59. The molecule has 1 saturated heterocycles. The maximum absolute atomic E-state index is 12.9. The van der Waals surface area contributed by atoms with Gasteiger partial charge in [-0.3, -0.25) is 0 Å². The Kier molecular flexibility index (Phi) is 5.99. The van der Waals surface area contributed by atoms with Crippen molar-refractivity contribution in [3.8, 4) is 0 Å². The van der Waals surface area contributed by atoms with Crippen LogP contribution in [0.1, 0.15) is 24.8 Å². The van der Waals surface area contributed by atoms with E-state index in [0.29, 0.717) is 18.7 Å². The van der Waals surface area contributed by atoms with Crippen molar-refractivity contribution in [2.24, 2.45) is 0 Å². The highest BCUT2D eigenvalue weighted by molar-refractivity contribution is 7.59. The number of carbonyl (C=O) groups excluding carboxylic acids is 1. The molecular formula is C14H19F3N2O2S. The summed E-state index contributed by atoms with van der Waals surface area (Å²) in [6.45, 7) is 0.515. The fourth-order valence-electron chi connectivity index (χ4n) is 2.59. The Morgan fingerprint density at radius 3 is 2.64 bits per heavy atom. The predicted molar refractivity (Wildman–Crippen MR) is 83.2 cm³/mol. The number of esters is 1. The van der Waals surface area contributed by atoms with Crippen LogP contribution in [-0.4, -0.2) is 25.7 Å². The van der Waals surface area contributed by atoms with Crippen molar-refractivity contribution in [3.63, 3.8) is 0 Å². The molecule has 0 spiro atoms. The Hall–Kier alpha value is -1.57. The van der Waals surface area contributed by atoms with Crippen molar-refractivity contribution in [3.05, 3.63) is 23.8 Å². The maximum Gasteiger partial charge on any atom is 0.418 e. The van der Waals surface area contributed by atoms with Gasteiger partial charge in [-0.05, 0) is 37.5 Å². The second-order valence-electron chi connectivity index (χ2n) is 5.00. The number of hydrogen-bond acceptors (Lipinski definition) is 4. The lowest BCUT2D eigenvalue weighted by molar-refractivity contribution is -0.142. The van der Waals surface area contributed by atoms with E-state index in [1.165, 1.54) is 19.2 Å². The first kappa shape index (κ1) is 18.5. The Bertz CT molecular complexity index is 537. The predicted octanol–water partition coefficient (Wildman–Crippen LogP) is 2.93. The number of halogens is 3. The minimum Gasteiger partial charge on any atom is -0.467 e. The third-order valence-corrected chi connectivity index (χ3v) is 3.65. The van der Waals surface area contributed by atoms with Gasteiger partial charge in [0, 0.05) is 17.9 Å². The number of hydrogen-bond donors (Lipinski definition) is 1. The Morgan fingerprint density at radius 1 is 1.36 bits per heavy atom. The zero-order chi connectivity index (χ0) is 15.6. The molecule has 0 amide bonds. The zero-order valence-electron chi connectivity index (χ0n) is 12.1. The van der Waals surface area contributed by atoms with Gasteiger partial charge in [0.1, 0.15) is 6.04 Å². The van der Waals surface area contributed by atoms with E-state index in [9.17, 15) is 18.0 Å². The monoisotopic (exact) mass is 336 g/mol. The highest BCUT2D eigenvalue weighted by Crippen LogP contribution is 2.37. The molecule has 8 heteroatoms. The molecule has 2 N–H and O–H groups in total. The molecule has 1 atom stereocenters. The van der Waals surface area contributed by atoms with Crippen LogP contribution in [0.5, 0.6) is 0 Å². The molecular weight excluding hydrogens is 317 g/mol. The van der Waals surface area contributed by atoms with Crippen molar-refractivity contribution >= 4 is 30.8 Å². The topological polar surface area (TPSA) is 55.6 Å². The molecule has 1 aliphatic rings. The van der Waals surface area contributed by atoms with Crippen molar-refractivity contribution < 1.29 is 22.7 Å². The standard InChI is InChI=1S/C14H17F3N2O2.H2S/c1-21-13(20)12-4-2-3-7-19(12)9-5-6-11(18)10(8-9)14(15,16)17;/h5-6,8,12H,2-4,7,18H2,1H3;1H2/t12-;/m0./s1. The molecule has 0 aliphatic carbocycles. The second-order valence-corrected chi connectivity index (χ2v) is 5.00. The molecule has 0 unspecified atom stereocenters. The molecule has 1 aromatic rings. The lowest BCUT2D eigenvalue weighted by atomic mass is 10.0. The van der Waals surface area contributed by atoms with E-state index in [1.807, 2.05) is 0 Å². The second kappa shape index (κ2) is 7.13. The van der Waals surface area contributed by atoms with Crippen LogP contribution >= 0.6 is 13.5 Å². The van der Waals surface area contributed by atoms with E-state index < -0.39 is 23.8 Å². The number of anilines is 2. The maximum atomic E-state index is 12.9. The summed E-state index contributed by atoms with van der Waals surface area (Å²) in [5, 5.41) is 0. The molecule has 124 valence electrons. The SMILES string of the molecule is COC(=O)[C@@H]1CCCCN1c1ccc(N)c(C(F)(F)F)c1.S. The minimum absolute atomic E-state index is 0. The van der Waals surface area contributed by atoms with Crippen molar-refractivity contribution in [2.75, 3.05) is 24.3 Å². The van der Waals surface area contributed by atoms with Crippen LogP contribution < -0.4 is 10.6 Å². The average Bonchev–Trinajstić information content (AvgIpc) is 2.46. The minimum atomic E-state index is -4.52. The zero-order valence-corrected chi connectivity index (χ0v) is 13.1. The first-order valence-corrected chi connectivity index (χ1v) is 6.66. The quantitative estimate of drug-likeness (QED) is 0.666. The first-order valence-electron chi connectivity index (χ1n) is 6.66. The van der Waals surface area contributed by atoms with Crippen molar-refractivity contribution in [2.45, 2.75) is 31.5 Å². The highest BCUT2D eigenvalue weighted by Gasteiger charge is 2.35. The largest absolute Gasteiger partial charge is 0.467 e. The third-order valence-electron chi connectivity index (χ3n) is 3.65. The van der Waals surface area contributed by atoms with E-state index in [2.05, 4.69) is 0 Å². The van der Waals surface area contributed by atoms with Crippen molar-refractivity contribution in [1.82, 2.24) is 0 Å². The third kappa shape index (κ3) is 3.79. The summed E-state index contributed by atoms with van der Waals surface area (Å²) in [7, 11) is 1.28. The van der Waals surface area contributed by atoms with Crippen LogP contribution in [0.15, 0.2) is 18.2 Å². The Balaban J connectivity index is 0.00000242. The number of benzene rings is 1. The molecule has 2 rings (SSSR count). The highest BCUT2D eigenvalue weighted by atomic mass is 32.1. The van der Waals surface area contributed by atoms with E-state index in [1.54, 1.807) is 4.90 Å². The van der Waals surface area contributed by atoms with E-state index in [0.717, 1.165) is 18.9 Å². The van der Waals surface area contributed by atoms with Crippen LogP contribution in [0.4, 0.5) is 24.5 Å². The molecule has 22 heavy (non-hydrogen) atoms. The summed E-state index contributed by atoms with van der Waals surface area (Å²) in [5.74, 6) is -0.430. The van der Waals surface area contributed by atoms with Gasteiger partial charge in [0.25, 0.3) is 0 Å². The molecule has 1 heterocycles. The Labute approximate surface area is 133 Å². The fraction of sp³-hybridized carbons (Fsp3) is 0.500. The van der Waals surface area contributed by atoms with E-state index in [4.69, 9.17) is 10.5 Å². The molecule has 1 fully saturated rings. The van der Waals surface area contributed by atoms with Gasteiger partial charge in [0.2, 0.25) is 0 Å². The summed E-state index contributed by atoms with van der Waals surface area (Å²) in [6.07, 6.45) is -2.29. The van der Waals surface area contributed by atoms with Crippen LogP contribution in [0.25, 0.3) is 0 Å². The number of piperidine rings is 1. The number of nitrogens with zero attached hydrogens (tertiary/aromatic N) is 1. The Morgan fingerprint density at radius 2 is 2.05 bits per heavy atom.